The van der Waals surface area contributed by atoms with E-state index in [0.29, 0.717) is 29.6 Å². The molecule has 2 atom stereocenters. The van der Waals surface area contributed by atoms with Crippen LogP contribution in [-0.4, -0.2) is 103 Å². The maximum Gasteiger partial charge on any atom is 0.179 e. The van der Waals surface area contributed by atoms with Crippen molar-refractivity contribution >= 4 is 32.8 Å². The van der Waals surface area contributed by atoms with Crippen molar-refractivity contribution in [2.75, 3.05) is 62.3 Å². The Morgan fingerprint density at radius 3 is 1.97 bits per heavy atom. The molecule has 1 aromatic heterocycles. The molecule has 0 saturated heterocycles. The number of benzene rings is 1. The van der Waals surface area contributed by atoms with Crippen LogP contribution in [0.5, 0.6) is 0 Å². The zero-order chi connectivity index (χ0) is 28.3. The predicted molar refractivity (Wildman–Crippen MR) is 147 cm³/mol. The van der Waals surface area contributed by atoms with E-state index < -0.39 is 22.0 Å². The van der Waals surface area contributed by atoms with Crippen molar-refractivity contribution in [3.8, 4) is 0 Å². The molecule has 0 spiro atoms. The van der Waals surface area contributed by atoms with Crippen molar-refractivity contribution in [3.05, 3.63) is 35.4 Å². The quantitative estimate of drug-likeness (QED) is 0.168. The number of aromatic nitrogens is 1. The summed E-state index contributed by atoms with van der Waals surface area (Å²) in [5, 5.41) is 52.4. The molecule has 0 aliphatic heterocycles. The lowest BCUT2D eigenvalue weighted by Gasteiger charge is -2.24. The van der Waals surface area contributed by atoms with Gasteiger partial charge in [0.2, 0.25) is 0 Å². The second-order valence-electron chi connectivity index (χ2n) is 9.18. The maximum atomic E-state index is 12.9. The van der Waals surface area contributed by atoms with Crippen molar-refractivity contribution in [2.24, 2.45) is 10.2 Å². The summed E-state index contributed by atoms with van der Waals surface area (Å²) < 4.78 is 25.7. The highest BCUT2D eigenvalue weighted by Crippen LogP contribution is 2.34. The van der Waals surface area contributed by atoms with Gasteiger partial charge in [0.1, 0.15) is 11.5 Å². The van der Waals surface area contributed by atoms with Crippen LogP contribution in [0.3, 0.4) is 0 Å². The number of aliphatic hydroxyl groups is 4. The van der Waals surface area contributed by atoms with Crippen LogP contribution in [0, 0.1) is 13.8 Å². The molecule has 0 bridgehead atoms. The molecule has 0 amide bonds. The number of anilines is 2. The minimum absolute atomic E-state index is 0.0469. The molecule has 6 N–H and O–H groups in total. The number of aliphatic hydroxyl groups excluding tert-OH is 4. The first-order valence-corrected chi connectivity index (χ1v) is 14.2. The van der Waals surface area contributed by atoms with E-state index in [0.717, 1.165) is 11.1 Å². The highest BCUT2D eigenvalue weighted by Gasteiger charge is 2.19. The molecular weight excluding hydrogens is 512 g/mol. The van der Waals surface area contributed by atoms with Gasteiger partial charge in [-0.15, -0.1) is 5.11 Å². The van der Waals surface area contributed by atoms with Gasteiger partial charge < -0.3 is 31.1 Å². The summed E-state index contributed by atoms with van der Waals surface area (Å²) in [6, 6.07) is 6.07. The first-order chi connectivity index (χ1) is 18.0. The van der Waals surface area contributed by atoms with Gasteiger partial charge in [-0.05, 0) is 63.1 Å². The first kappa shape index (κ1) is 31.5. The molecular formula is C25H40N6O6S. The fourth-order valence-corrected chi connectivity index (χ4v) is 5.03. The van der Waals surface area contributed by atoms with Gasteiger partial charge in [-0.2, -0.15) is 5.11 Å². The van der Waals surface area contributed by atoms with Crippen molar-refractivity contribution in [1.29, 1.82) is 0 Å². The fraction of sp³-hybridized carbons (Fsp3) is 0.560. The SMILES string of the molecule is Cc1c(NCCO)nc(NCCO)c(N=Nc2ccc(S(=O)(=O)CCN(CC(C)O)CC(C)O)cc2)c1C. The summed E-state index contributed by atoms with van der Waals surface area (Å²) in [6.45, 7) is 8.13. The Morgan fingerprint density at radius 1 is 0.895 bits per heavy atom. The Kier molecular flexibility index (Phi) is 12.5. The van der Waals surface area contributed by atoms with Crippen molar-refractivity contribution in [3.63, 3.8) is 0 Å². The Balaban J connectivity index is 2.22. The molecule has 212 valence electrons. The maximum absolute atomic E-state index is 12.9. The van der Waals surface area contributed by atoms with E-state index in [1.807, 2.05) is 13.8 Å². The third kappa shape index (κ3) is 9.57. The molecule has 1 heterocycles. The number of nitrogens with zero attached hydrogens (tertiary/aromatic N) is 4. The second kappa shape index (κ2) is 15.0. The van der Waals surface area contributed by atoms with E-state index in [2.05, 4.69) is 25.8 Å². The Morgan fingerprint density at radius 2 is 1.45 bits per heavy atom. The van der Waals surface area contributed by atoms with Crippen LogP contribution in [-0.2, 0) is 9.84 Å². The molecule has 1 aromatic carbocycles. The Hall–Kier alpha value is -2.68. The van der Waals surface area contributed by atoms with Crippen molar-refractivity contribution in [1.82, 2.24) is 9.88 Å². The zero-order valence-corrected chi connectivity index (χ0v) is 23.2. The van der Waals surface area contributed by atoms with Gasteiger partial charge in [-0.25, -0.2) is 13.4 Å². The molecule has 0 aliphatic carbocycles. The van der Waals surface area contributed by atoms with Crippen molar-refractivity contribution in [2.45, 2.75) is 44.8 Å². The molecule has 13 heteroatoms. The molecule has 2 aromatic rings. The number of sulfone groups is 1. The number of hydrogen-bond donors (Lipinski definition) is 6. The summed E-state index contributed by atoms with van der Waals surface area (Å²) in [6.07, 6.45) is -1.29. The van der Waals surface area contributed by atoms with Gasteiger partial charge in [-0.3, -0.25) is 4.90 Å². The van der Waals surface area contributed by atoms with Gasteiger partial charge >= 0.3 is 0 Å². The average Bonchev–Trinajstić information content (AvgIpc) is 2.86. The third-order valence-electron chi connectivity index (χ3n) is 5.71. The van der Waals surface area contributed by atoms with E-state index >= 15 is 0 Å². The molecule has 0 fully saturated rings. The fourth-order valence-electron chi connectivity index (χ4n) is 3.75. The number of hydrogen-bond acceptors (Lipinski definition) is 12. The number of azo groups is 1. The summed E-state index contributed by atoms with van der Waals surface area (Å²) in [4.78, 5) is 6.39. The molecule has 0 saturated carbocycles. The number of rotatable bonds is 16. The third-order valence-corrected chi connectivity index (χ3v) is 7.42. The van der Waals surface area contributed by atoms with Gasteiger partial charge in [0.05, 0.1) is 41.8 Å². The lowest BCUT2D eigenvalue weighted by molar-refractivity contribution is 0.0873. The molecule has 38 heavy (non-hydrogen) atoms. The average molecular weight is 553 g/mol. The summed E-state index contributed by atoms with van der Waals surface area (Å²) in [5.41, 5.74) is 2.58. The van der Waals surface area contributed by atoms with Gasteiger partial charge in [-0.1, -0.05) is 0 Å². The lowest BCUT2D eigenvalue weighted by Crippen LogP contribution is -2.39. The van der Waals surface area contributed by atoms with Crippen LogP contribution < -0.4 is 10.6 Å². The first-order valence-electron chi connectivity index (χ1n) is 12.5. The van der Waals surface area contributed by atoms with Crippen LogP contribution in [0.1, 0.15) is 25.0 Å². The van der Waals surface area contributed by atoms with E-state index in [1.54, 1.807) is 30.9 Å². The minimum atomic E-state index is -3.60. The predicted octanol–water partition coefficient (Wildman–Crippen LogP) is 1.76. The molecule has 0 aliphatic rings. The summed E-state index contributed by atoms with van der Waals surface area (Å²) in [5.74, 6) is 0.851. The van der Waals surface area contributed by atoms with E-state index in [1.165, 1.54) is 12.1 Å². The van der Waals surface area contributed by atoms with E-state index in [9.17, 15) is 23.7 Å². The standard InChI is InChI=1S/C25H40N6O6S/c1-17(34)15-31(16-18(2)35)11-14-38(36,37)22-7-5-21(6-8-22)29-30-23-19(3)20(4)24(26-9-12-32)28-25(23)27-10-13-33/h5-8,17-18,32-35H,9-16H2,1-4H3,(H2,26,27,28). The highest BCUT2D eigenvalue weighted by molar-refractivity contribution is 7.91. The normalized spacial score (nSPS) is 13.7. The van der Waals surface area contributed by atoms with Crippen LogP contribution in [0.4, 0.5) is 23.0 Å². The zero-order valence-electron chi connectivity index (χ0n) is 22.4. The highest BCUT2D eigenvalue weighted by atomic mass is 32.2. The summed E-state index contributed by atoms with van der Waals surface area (Å²) >= 11 is 0. The minimum Gasteiger partial charge on any atom is -0.395 e. The van der Waals surface area contributed by atoms with Gasteiger partial charge in [0.25, 0.3) is 0 Å². The monoisotopic (exact) mass is 552 g/mol. The van der Waals surface area contributed by atoms with Crippen molar-refractivity contribution < 1.29 is 28.8 Å². The topological polar surface area (TPSA) is 180 Å². The molecule has 0 radical (unpaired) electrons. The van der Waals surface area contributed by atoms with Gasteiger partial charge in [0, 0.05) is 32.7 Å². The van der Waals surface area contributed by atoms with Crippen LogP contribution in [0.15, 0.2) is 39.4 Å². The van der Waals surface area contributed by atoms with Crippen LogP contribution >= 0.6 is 0 Å². The molecule has 2 rings (SSSR count). The number of nitrogens with one attached hydrogen (secondary N) is 2. The van der Waals surface area contributed by atoms with E-state index in [4.69, 9.17) is 5.11 Å². The largest absolute Gasteiger partial charge is 0.395 e. The number of pyridine rings is 1. The Bertz CT molecular complexity index is 1150. The van der Waals surface area contributed by atoms with E-state index in [-0.39, 0.29) is 50.0 Å². The lowest BCUT2D eigenvalue weighted by atomic mass is 10.1. The van der Waals surface area contributed by atoms with Gasteiger partial charge in [0.15, 0.2) is 15.7 Å². The Labute approximate surface area is 224 Å². The van der Waals surface area contributed by atoms with Crippen LogP contribution in [0.25, 0.3) is 0 Å². The summed E-state index contributed by atoms with van der Waals surface area (Å²) in [7, 11) is -3.60. The molecule has 2 unspecified atom stereocenters. The smallest absolute Gasteiger partial charge is 0.179 e. The molecule has 12 nitrogen and oxygen atoms in total. The second-order valence-corrected chi connectivity index (χ2v) is 11.3. The van der Waals surface area contributed by atoms with Crippen LogP contribution in [0.2, 0.25) is 0 Å².